The van der Waals surface area contributed by atoms with E-state index in [0.29, 0.717) is 5.56 Å². The first kappa shape index (κ1) is 17.7. The molecule has 0 atom stereocenters. The Balaban J connectivity index is 2.09. The molecule has 0 aromatic heterocycles. The number of carboxylic acids is 1. The van der Waals surface area contributed by atoms with Crippen LogP contribution in [0.1, 0.15) is 18.4 Å². The first-order chi connectivity index (χ1) is 10.6. The molecule has 1 aromatic rings. The minimum atomic E-state index is -4.30. The quantitative estimate of drug-likeness (QED) is 0.903. The third-order valence-electron chi connectivity index (χ3n) is 3.83. The van der Waals surface area contributed by atoms with E-state index in [-0.39, 0.29) is 37.2 Å². The van der Waals surface area contributed by atoms with Gasteiger partial charge < -0.3 is 5.11 Å². The van der Waals surface area contributed by atoms with Gasteiger partial charge in [0.25, 0.3) is 0 Å². The highest BCUT2D eigenvalue weighted by Gasteiger charge is 2.43. The van der Waals surface area contributed by atoms with Gasteiger partial charge in [-0.3, -0.25) is 4.79 Å². The Labute approximate surface area is 131 Å². The van der Waals surface area contributed by atoms with Gasteiger partial charge in [-0.1, -0.05) is 12.1 Å². The molecular formula is C14H16F3NO4S. The summed E-state index contributed by atoms with van der Waals surface area (Å²) in [6, 6.07) is 5.35. The number of rotatable bonds is 4. The zero-order chi connectivity index (χ0) is 17.3. The summed E-state index contributed by atoms with van der Waals surface area (Å²) in [7, 11) is -3.86. The lowest BCUT2D eigenvalue weighted by atomic mass is 9.98. The molecule has 1 saturated heterocycles. The molecule has 0 saturated carbocycles. The summed E-state index contributed by atoms with van der Waals surface area (Å²) in [4.78, 5) is 10.5. The standard InChI is InChI=1S/C14H16F3NO4S/c15-14(16,17)11-5-7-18(8-6-11)23(21,22)12-3-1-10(2-4-12)9-13(19)20/h1-4,11H,5-9H2,(H,19,20). The van der Waals surface area contributed by atoms with Gasteiger partial charge in [-0.25, -0.2) is 8.42 Å². The second kappa shape index (κ2) is 6.48. The predicted molar refractivity (Wildman–Crippen MR) is 75.3 cm³/mol. The van der Waals surface area contributed by atoms with E-state index in [9.17, 15) is 26.4 Å². The molecule has 23 heavy (non-hydrogen) atoms. The molecule has 0 amide bonds. The highest BCUT2D eigenvalue weighted by molar-refractivity contribution is 7.89. The van der Waals surface area contributed by atoms with E-state index in [2.05, 4.69) is 0 Å². The number of aliphatic carboxylic acids is 1. The van der Waals surface area contributed by atoms with Crippen LogP contribution in [0.25, 0.3) is 0 Å². The molecule has 1 N–H and O–H groups in total. The van der Waals surface area contributed by atoms with Crippen molar-refractivity contribution in [2.45, 2.75) is 30.3 Å². The van der Waals surface area contributed by atoms with Crippen molar-refractivity contribution in [1.82, 2.24) is 4.31 Å². The van der Waals surface area contributed by atoms with Crippen LogP contribution in [0.3, 0.4) is 0 Å². The van der Waals surface area contributed by atoms with Gasteiger partial charge in [-0.2, -0.15) is 17.5 Å². The van der Waals surface area contributed by atoms with Crippen molar-refractivity contribution in [3.05, 3.63) is 29.8 Å². The fraction of sp³-hybridized carbons (Fsp3) is 0.500. The number of hydrogen-bond donors (Lipinski definition) is 1. The predicted octanol–water partition coefficient (Wildman–Crippen LogP) is 2.28. The van der Waals surface area contributed by atoms with Gasteiger partial charge >= 0.3 is 12.1 Å². The van der Waals surface area contributed by atoms with Crippen LogP contribution in [0.2, 0.25) is 0 Å². The summed E-state index contributed by atoms with van der Waals surface area (Å²) in [5.41, 5.74) is 0.451. The van der Waals surface area contributed by atoms with Crippen molar-refractivity contribution in [3.63, 3.8) is 0 Å². The molecule has 5 nitrogen and oxygen atoms in total. The first-order valence-corrected chi connectivity index (χ1v) is 8.42. The van der Waals surface area contributed by atoms with E-state index < -0.39 is 28.1 Å². The van der Waals surface area contributed by atoms with Crippen molar-refractivity contribution in [3.8, 4) is 0 Å². The number of piperidine rings is 1. The Hall–Kier alpha value is -1.61. The SMILES string of the molecule is O=C(O)Cc1ccc(S(=O)(=O)N2CCC(C(F)(F)F)CC2)cc1. The number of carbonyl (C=O) groups is 1. The van der Waals surface area contributed by atoms with Crippen LogP contribution in [0.4, 0.5) is 13.2 Å². The zero-order valence-electron chi connectivity index (χ0n) is 12.1. The summed E-state index contributed by atoms with van der Waals surface area (Å²) in [6.45, 7) is -0.354. The molecule has 1 aromatic carbocycles. The maximum absolute atomic E-state index is 12.6. The first-order valence-electron chi connectivity index (χ1n) is 6.98. The molecule has 0 unspecified atom stereocenters. The minimum absolute atomic E-state index is 0.0444. The molecule has 9 heteroatoms. The highest BCUT2D eigenvalue weighted by atomic mass is 32.2. The van der Waals surface area contributed by atoms with E-state index in [4.69, 9.17) is 5.11 Å². The highest BCUT2D eigenvalue weighted by Crippen LogP contribution is 2.35. The third-order valence-corrected chi connectivity index (χ3v) is 5.75. The summed E-state index contributed by atoms with van der Waals surface area (Å²) in [6.07, 6.45) is -5.02. The number of nitrogens with zero attached hydrogens (tertiary/aromatic N) is 1. The van der Waals surface area contributed by atoms with E-state index >= 15 is 0 Å². The molecule has 2 rings (SSSR count). The molecule has 1 fully saturated rings. The van der Waals surface area contributed by atoms with E-state index in [1.165, 1.54) is 24.3 Å². The van der Waals surface area contributed by atoms with Gasteiger partial charge in [-0.15, -0.1) is 0 Å². The molecule has 0 aliphatic carbocycles. The molecule has 128 valence electrons. The largest absolute Gasteiger partial charge is 0.481 e. The Morgan fingerprint density at radius 2 is 1.70 bits per heavy atom. The van der Waals surface area contributed by atoms with E-state index in [0.717, 1.165) is 4.31 Å². The molecule has 0 radical (unpaired) electrons. The third kappa shape index (κ3) is 4.23. The number of hydrogen-bond acceptors (Lipinski definition) is 3. The van der Waals surface area contributed by atoms with Gasteiger partial charge in [0, 0.05) is 13.1 Å². The summed E-state index contributed by atoms with van der Waals surface area (Å²) >= 11 is 0. The van der Waals surface area contributed by atoms with Crippen LogP contribution in [-0.4, -0.2) is 43.1 Å². The van der Waals surface area contributed by atoms with Gasteiger partial charge in [0.2, 0.25) is 10.0 Å². The van der Waals surface area contributed by atoms with Gasteiger partial charge in [0.05, 0.1) is 17.2 Å². The van der Waals surface area contributed by atoms with Crippen LogP contribution in [0, 0.1) is 5.92 Å². The minimum Gasteiger partial charge on any atom is -0.481 e. The Bertz CT molecular complexity index is 662. The summed E-state index contributed by atoms with van der Waals surface area (Å²) in [5, 5.41) is 8.67. The van der Waals surface area contributed by atoms with Gasteiger partial charge in [-0.05, 0) is 30.5 Å². The normalized spacial score (nSPS) is 18.0. The van der Waals surface area contributed by atoms with Crippen molar-refractivity contribution in [2.75, 3.05) is 13.1 Å². The summed E-state index contributed by atoms with van der Waals surface area (Å²) < 4.78 is 63.7. The maximum Gasteiger partial charge on any atom is 0.391 e. The van der Waals surface area contributed by atoms with Crippen molar-refractivity contribution >= 4 is 16.0 Å². The number of carboxylic acid groups (broad SMARTS) is 1. The molecule has 0 spiro atoms. The van der Waals surface area contributed by atoms with Crippen LogP contribution in [-0.2, 0) is 21.2 Å². The summed E-state index contributed by atoms with van der Waals surface area (Å²) in [5.74, 6) is -2.50. The molecule has 0 bridgehead atoms. The smallest absolute Gasteiger partial charge is 0.391 e. The number of alkyl halides is 3. The van der Waals surface area contributed by atoms with Crippen molar-refractivity contribution < 1.29 is 31.5 Å². The second-order valence-electron chi connectivity index (χ2n) is 5.43. The lowest BCUT2D eigenvalue weighted by molar-refractivity contribution is -0.182. The molecule has 1 aliphatic heterocycles. The Morgan fingerprint density at radius 1 is 1.17 bits per heavy atom. The zero-order valence-corrected chi connectivity index (χ0v) is 12.9. The number of sulfonamides is 1. The van der Waals surface area contributed by atoms with E-state index in [1.807, 2.05) is 0 Å². The average Bonchev–Trinajstić information content (AvgIpc) is 2.46. The lowest BCUT2D eigenvalue weighted by Crippen LogP contribution is -2.42. The van der Waals surface area contributed by atoms with E-state index in [1.54, 1.807) is 0 Å². The van der Waals surface area contributed by atoms with Gasteiger partial charge in [0.1, 0.15) is 0 Å². The van der Waals surface area contributed by atoms with Crippen LogP contribution >= 0.6 is 0 Å². The number of benzene rings is 1. The topological polar surface area (TPSA) is 74.7 Å². The van der Waals surface area contributed by atoms with Crippen molar-refractivity contribution in [1.29, 1.82) is 0 Å². The Kier molecular flexibility index (Phi) is 5.00. The monoisotopic (exact) mass is 351 g/mol. The van der Waals surface area contributed by atoms with Crippen LogP contribution in [0.5, 0.6) is 0 Å². The average molecular weight is 351 g/mol. The fourth-order valence-corrected chi connectivity index (χ4v) is 4.00. The fourth-order valence-electron chi connectivity index (χ4n) is 2.53. The molecule has 1 heterocycles. The molecular weight excluding hydrogens is 335 g/mol. The van der Waals surface area contributed by atoms with Crippen molar-refractivity contribution in [2.24, 2.45) is 5.92 Å². The Morgan fingerprint density at radius 3 is 2.13 bits per heavy atom. The lowest BCUT2D eigenvalue weighted by Gasteiger charge is -2.32. The van der Waals surface area contributed by atoms with Crippen LogP contribution < -0.4 is 0 Å². The molecule has 1 aliphatic rings. The number of halogens is 3. The van der Waals surface area contributed by atoms with Gasteiger partial charge in [0.15, 0.2) is 0 Å². The van der Waals surface area contributed by atoms with Crippen LogP contribution in [0.15, 0.2) is 29.2 Å². The second-order valence-corrected chi connectivity index (χ2v) is 7.37. The maximum atomic E-state index is 12.6.